The van der Waals surface area contributed by atoms with E-state index in [1.807, 2.05) is 29.7 Å². The second-order valence-corrected chi connectivity index (χ2v) is 10.6. The van der Waals surface area contributed by atoms with Crippen LogP contribution in [0.25, 0.3) is 11.0 Å². The fourth-order valence-corrected chi connectivity index (χ4v) is 4.95. The molecule has 2 aromatic carbocycles. The van der Waals surface area contributed by atoms with E-state index in [2.05, 4.69) is 4.98 Å². The number of ether oxygens (including phenoxy) is 2. The van der Waals surface area contributed by atoms with Crippen molar-refractivity contribution in [3.8, 4) is 11.5 Å². The van der Waals surface area contributed by atoms with Gasteiger partial charge in [0.2, 0.25) is 15.9 Å². The average molecular weight is 487 g/mol. The lowest BCUT2D eigenvalue weighted by Gasteiger charge is -2.21. The van der Waals surface area contributed by atoms with Gasteiger partial charge in [0.25, 0.3) is 0 Å². The van der Waals surface area contributed by atoms with Crippen molar-refractivity contribution in [1.82, 2.24) is 18.8 Å². The molecule has 3 aromatic rings. The fraction of sp³-hybridized carbons (Fsp3) is 0.417. The van der Waals surface area contributed by atoms with Crippen LogP contribution in [0, 0.1) is 0 Å². The molecular formula is C24H30N4O5S. The zero-order valence-corrected chi connectivity index (χ0v) is 20.8. The van der Waals surface area contributed by atoms with Crippen molar-refractivity contribution in [2.45, 2.75) is 37.8 Å². The summed E-state index contributed by atoms with van der Waals surface area (Å²) in [6, 6.07) is 10.7. The molecular weight excluding hydrogens is 456 g/mol. The largest absolute Gasteiger partial charge is 0.486 e. The van der Waals surface area contributed by atoms with Crippen molar-refractivity contribution in [2.75, 3.05) is 34.4 Å². The zero-order chi connectivity index (χ0) is 24.5. The van der Waals surface area contributed by atoms with Crippen molar-refractivity contribution < 1.29 is 22.7 Å². The predicted octanol–water partition coefficient (Wildman–Crippen LogP) is 2.67. The smallest absolute Gasteiger partial charge is 0.242 e. The Kier molecular flexibility index (Phi) is 6.81. The van der Waals surface area contributed by atoms with E-state index in [1.165, 1.54) is 18.4 Å². The minimum Gasteiger partial charge on any atom is -0.486 e. The summed E-state index contributed by atoms with van der Waals surface area (Å²) in [6.45, 7) is 4.20. The van der Waals surface area contributed by atoms with E-state index in [4.69, 9.17) is 9.47 Å². The number of sulfonamides is 1. The molecule has 1 amide bonds. The summed E-state index contributed by atoms with van der Waals surface area (Å²) in [6.07, 6.45) is 0.760. The monoisotopic (exact) mass is 486 g/mol. The third kappa shape index (κ3) is 4.74. The summed E-state index contributed by atoms with van der Waals surface area (Å²) in [5.74, 6) is 2.19. The van der Waals surface area contributed by atoms with E-state index in [0.29, 0.717) is 50.4 Å². The number of hydrogen-bond acceptors (Lipinski definition) is 6. The summed E-state index contributed by atoms with van der Waals surface area (Å²) in [5.41, 5.74) is 2.43. The lowest BCUT2D eigenvalue weighted by Crippen LogP contribution is -2.27. The topological polar surface area (TPSA) is 94.0 Å². The third-order valence-electron chi connectivity index (χ3n) is 5.91. The minimum absolute atomic E-state index is 0.000438. The number of benzene rings is 2. The van der Waals surface area contributed by atoms with Crippen LogP contribution in [0.15, 0.2) is 41.3 Å². The molecule has 1 aliphatic heterocycles. The lowest BCUT2D eigenvalue weighted by atomic mass is 10.1. The molecule has 0 saturated heterocycles. The highest BCUT2D eigenvalue weighted by Crippen LogP contribution is 2.31. The maximum Gasteiger partial charge on any atom is 0.242 e. The van der Waals surface area contributed by atoms with Crippen LogP contribution in [0.4, 0.5) is 0 Å². The first-order valence-corrected chi connectivity index (χ1v) is 12.7. The van der Waals surface area contributed by atoms with Gasteiger partial charge in [0.15, 0.2) is 11.5 Å². The van der Waals surface area contributed by atoms with Crippen molar-refractivity contribution >= 4 is 27.0 Å². The second kappa shape index (κ2) is 9.63. The molecule has 182 valence electrons. The Balaban J connectivity index is 1.46. The fourth-order valence-electron chi connectivity index (χ4n) is 4.03. The van der Waals surface area contributed by atoms with Gasteiger partial charge in [-0.05, 0) is 42.8 Å². The van der Waals surface area contributed by atoms with Gasteiger partial charge in [-0.15, -0.1) is 0 Å². The van der Waals surface area contributed by atoms with Crippen molar-refractivity contribution in [2.24, 2.45) is 0 Å². The molecule has 0 spiro atoms. The highest BCUT2D eigenvalue weighted by Gasteiger charge is 2.20. The molecule has 34 heavy (non-hydrogen) atoms. The highest BCUT2D eigenvalue weighted by molar-refractivity contribution is 7.89. The first-order chi connectivity index (χ1) is 16.2. The van der Waals surface area contributed by atoms with Crippen LogP contribution < -0.4 is 9.47 Å². The van der Waals surface area contributed by atoms with Crippen molar-refractivity contribution in [1.29, 1.82) is 0 Å². The average Bonchev–Trinajstić information content (AvgIpc) is 3.18. The summed E-state index contributed by atoms with van der Waals surface area (Å²) in [4.78, 5) is 19.4. The Bertz CT molecular complexity index is 1320. The van der Waals surface area contributed by atoms with Crippen LogP contribution in [0.1, 0.15) is 24.7 Å². The number of carbonyl (C=O) groups is 1. The quantitative estimate of drug-likeness (QED) is 0.486. The molecule has 0 radical (unpaired) electrons. The van der Waals surface area contributed by atoms with Gasteiger partial charge < -0.3 is 18.9 Å². The summed E-state index contributed by atoms with van der Waals surface area (Å²) >= 11 is 0. The standard InChI is InChI=1S/C24H30N4O5S/c1-5-28-20-8-7-18(34(30,31)26(2)3)15-19(20)25-23(28)10-11-24(29)27(4)16-17-6-9-21-22(14-17)33-13-12-32-21/h6-9,14-15H,5,10-13,16H2,1-4H3. The number of aryl methyl sites for hydroxylation is 2. The van der Waals surface area contributed by atoms with Gasteiger partial charge >= 0.3 is 0 Å². The van der Waals surface area contributed by atoms with Gasteiger partial charge in [0, 0.05) is 47.1 Å². The number of aromatic nitrogens is 2. The number of nitrogens with zero attached hydrogens (tertiary/aromatic N) is 4. The van der Waals surface area contributed by atoms with E-state index in [1.54, 1.807) is 30.1 Å². The third-order valence-corrected chi connectivity index (χ3v) is 7.72. The lowest BCUT2D eigenvalue weighted by molar-refractivity contribution is -0.130. The number of amides is 1. The molecule has 1 aromatic heterocycles. The van der Waals surface area contributed by atoms with Crippen LogP contribution in [0.3, 0.4) is 0 Å². The zero-order valence-electron chi connectivity index (χ0n) is 19.9. The van der Waals surface area contributed by atoms with Crippen LogP contribution in [-0.4, -0.2) is 67.4 Å². The van der Waals surface area contributed by atoms with E-state index < -0.39 is 10.0 Å². The van der Waals surface area contributed by atoms with Crippen LogP contribution >= 0.6 is 0 Å². The molecule has 0 N–H and O–H groups in total. The first-order valence-electron chi connectivity index (χ1n) is 11.2. The Labute approximate surface area is 199 Å². The van der Waals surface area contributed by atoms with Crippen LogP contribution in [-0.2, 0) is 34.3 Å². The number of hydrogen-bond donors (Lipinski definition) is 0. The molecule has 0 fully saturated rings. The Hall–Kier alpha value is -3.11. The Morgan fingerprint density at radius 3 is 2.50 bits per heavy atom. The first kappa shape index (κ1) is 24.0. The molecule has 2 heterocycles. The van der Waals surface area contributed by atoms with Gasteiger partial charge in [0.1, 0.15) is 19.0 Å². The van der Waals surface area contributed by atoms with Crippen molar-refractivity contribution in [3.63, 3.8) is 0 Å². The van der Waals surface area contributed by atoms with Crippen LogP contribution in [0.5, 0.6) is 11.5 Å². The molecule has 9 nitrogen and oxygen atoms in total. The van der Waals surface area contributed by atoms with E-state index in [9.17, 15) is 13.2 Å². The van der Waals surface area contributed by atoms with Gasteiger partial charge in [-0.3, -0.25) is 4.79 Å². The van der Waals surface area contributed by atoms with E-state index in [0.717, 1.165) is 22.7 Å². The molecule has 0 unspecified atom stereocenters. The molecule has 0 saturated carbocycles. The molecule has 0 atom stereocenters. The van der Waals surface area contributed by atoms with E-state index >= 15 is 0 Å². The van der Waals surface area contributed by atoms with Gasteiger partial charge in [-0.25, -0.2) is 17.7 Å². The maximum absolute atomic E-state index is 12.8. The molecule has 4 rings (SSSR count). The Morgan fingerprint density at radius 2 is 1.79 bits per heavy atom. The second-order valence-electron chi connectivity index (χ2n) is 8.44. The van der Waals surface area contributed by atoms with Crippen LogP contribution in [0.2, 0.25) is 0 Å². The highest BCUT2D eigenvalue weighted by atomic mass is 32.2. The minimum atomic E-state index is -3.54. The van der Waals surface area contributed by atoms with E-state index in [-0.39, 0.29) is 10.8 Å². The van der Waals surface area contributed by atoms with Gasteiger partial charge in [-0.1, -0.05) is 6.07 Å². The summed E-state index contributed by atoms with van der Waals surface area (Å²) < 4.78 is 39.4. The SMILES string of the molecule is CCn1c(CCC(=O)N(C)Cc2ccc3c(c2)OCCO3)nc2cc(S(=O)(=O)N(C)C)ccc21. The number of carbonyl (C=O) groups excluding carboxylic acids is 1. The summed E-state index contributed by atoms with van der Waals surface area (Å²) in [7, 11) is 1.24. The van der Waals surface area contributed by atoms with Crippen molar-refractivity contribution in [3.05, 3.63) is 47.8 Å². The molecule has 0 bridgehead atoms. The number of fused-ring (bicyclic) bond motifs is 2. The van der Waals surface area contributed by atoms with Gasteiger partial charge in [-0.2, -0.15) is 0 Å². The number of imidazole rings is 1. The van der Waals surface area contributed by atoms with Gasteiger partial charge in [0.05, 0.1) is 15.9 Å². The normalized spacial score (nSPS) is 13.4. The maximum atomic E-state index is 12.8. The Morgan fingerprint density at radius 1 is 1.06 bits per heavy atom. The predicted molar refractivity (Wildman–Crippen MR) is 129 cm³/mol. The number of rotatable bonds is 8. The molecule has 0 aliphatic carbocycles. The molecule has 1 aliphatic rings. The molecule has 10 heteroatoms. The summed E-state index contributed by atoms with van der Waals surface area (Å²) in [5, 5.41) is 0.